The van der Waals surface area contributed by atoms with Gasteiger partial charge in [-0.25, -0.2) is 0 Å². The van der Waals surface area contributed by atoms with Crippen molar-refractivity contribution in [2.45, 2.75) is 25.3 Å². The summed E-state index contributed by atoms with van der Waals surface area (Å²) in [6.07, 6.45) is 3.09. The van der Waals surface area contributed by atoms with Gasteiger partial charge in [0.15, 0.2) is 0 Å². The number of nitrogens with one attached hydrogen (secondary N) is 1. The zero-order valence-electron chi connectivity index (χ0n) is 11.4. The third kappa shape index (κ3) is 2.92. The van der Waals surface area contributed by atoms with Crippen LogP contribution in [0, 0.1) is 0 Å². The Hall–Kier alpha value is -1.51. The third-order valence-corrected chi connectivity index (χ3v) is 4.69. The summed E-state index contributed by atoms with van der Waals surface area (Å²) < 4.78 is 0. The van der Waals surface area contributed by atoms with E-state index in [1.54, 1.807) is 18.2 Å². The Labute approximate surface area is 134 Å². The monoisotopic (exact) mass is 319 g/mol. The number of fused-ring (bicyclic) bond motifs is 1. The van der Waals surface area contributed by atoms with Crippen molar-refractivity contribution in [1.29, 1.82) is 0 Å². The van der Waals surface area contributed by atoms with Gasteiger partial charge in [0.05, 0.1) is 21.7 Å². The van der Waals surface area contributed by atoms with Gasteiger partial charge in [-0.2, -0.15) is 0 Å². The van der Waals surface area contributed by atoms with E-state index in [9.17, 15) is 4.79 Å². The van der Waals surface area contributed by atoms with Crippen LogP contribution in [0.1, 0.15) is 40.4 Å². The second-order valence-electron chi connectivity index (χ2n) is 5.22. The van der Waals surface area contributed by atoms with Crippen LogP contribution in [0.25, 0.3) is 0 Å². The summed E-state index contributed by atoms with van der Waals surface area (Å²) in [7, 11) is 0. The number of rotatable bonds is 2. The predicted molar refractivity (Wildman–Crippen MR) is 86.0 cm³/mol. The summed E-state index contributed by atoms with van der Waals surface area (Å²) in [4.78, 5) is 12.4. The first-order chi connectivity index (χ1) is 10.2. The fourth-order valence-corrected chi connectivity index (χ4v) is 3.21. The number of benzene rings is 2. The van der Waals surface area contributed by atoms with E-state index in [2.05, 4.69) is 17.4 Å². The number of amides is 1. The molecule has 1 aliphatic rings. The van der Waals surface area contributed by atoms with Crippen molar-refractivity contribution in [1.82, 2.24) is 5.32 Å². The molecule has 0 unspecified atom stereocenters. The summed E-state index contributed by atoms with van der Waals surface area (Å²) in [6.45, 7) is 0. The van der Waals surface area contributed by atoms with Gasteiger partial charge in [-0.3, -0.25) is 4.79 Å². The van der Waals surface area contributed by atoms with Gasteiger partial charge in [0.25, 0.3) is 5.91 Å². The average molecular weight is 320 g/mol. The van der Waals surface area contributed by atoms with Crippen LogP contribution in [0.5, 0.6) is 0 Å². The standard InChI is InChI=1S/C17H15Cl2NO/c18-14-9-4-8-13(16(14)19)17(21)20-15-10-3-6-11-5-1-2-7-12(11)15/h1-2,4-5,7-9,15H,3,6,10H2,(H,20,21)/t15-/m1/s1. The minimum absolute atomic E-state index is 0.0394. The van der Waals surface area contributed by atoms with Crippen LogP contribution >= 0.6 is 23.2 Å². The van der Waals surface area contributed by atoms with Crippen LogP contribution in [0.2, 0.25) is 10.0 Å². The molecule has 2 aromatic rings. The van der Waals surface area contributed by atoms with E-state index in [-0.39, 0.29) is 11.9 Å². The highest BCUT2D eigenvalue weighted by molar-refractivity contribution is 6.43. The normalized spacial score (nSPS) is 17.1. The smallest absolute Gasteiger partial charge is 0.253 e. The van der Waals surface area contributed by atoms with Crippen molar-refractivity contribution < 1.29 is 4.79 Å². The SMILES string of the molecule is O=C(N[C@@H]1CCCc2ccccc21)c1cccc(Cl)c1Cl. The molecular formula is C17H15Cl2NO. The molecule has 108 valence electrons. The molecule has 0 aromatic heterocycles. The van der Waals surface area contributed by atoms with E-state index in [4.69, 9.17) is 23.2 Å². The Morgan fingerprint density at radius 2 is 1.90 bits per heavy atom. The van der Waals surface area contributed by atoms with Crippen LogP contribution in [0.3, 0.4) is 0 Å². The van der Waals surface area contributed by atoms with Crippen molar-refractivity contribution in [3.63, 3.8) is 0 Å². The lowest BCUT2D eigenvalue weighted by atomic mass is 9.87. The van der Waals surface area contributed by atoms with E-state index in [1.807, 2.05) is 12.1 Å². The topological polar surface area (TPSA) is 29.1 Å². The Morgan fingerprint density at radius 1 is 1.10 bits per heavy atom. The highest BCUT2D eigenvalue weighted by Crippen LogP contribution is 2.31. The molecule has 0 spiro atoms. The maximum atomic E-state index is 12.4. The van der Waals surface area contributed by atoms with Crippen LogP contribution in [0.15, 0.2) is 42.5 Å². The average Bonchev–Trinajstić information content (AvgIpc) is 2.50. The Bertz CT molecular complexity index is 684. The molecule has 21 heavy (non-hydrogen) atoms. The third-order valence-electron chi connectivity index (χ3n) is 3.87. The molecule has 0 saturated carbocycles. The molecule has 4 heteroatoms. The summed E-state index contributed by atoms with van der Waals surface area (Å²) in [5.41, 5.74) is 2.94. The molecule has 2 nitrogen and oxygen atoms in total. The van der Waals surface area contributed by atoms with Gasteiger partial charge in [-0.05, 0) is 42.5 Å². The molecular weight excluding hydrogens is 305 g/mol. The number of carbonyl (C=O) groups is 1. The zero-order chi connectivity index (χ0) is 14.8. The highest BCUT2D eigenvalue weighted by Gasteiger charge is 2.23. The molecule has 0 saturated heterocycles. The van der Waals surface area contributed by atoms with Crippen molar-refractivity contribution >= 4 is 29.1 Å². The van der Waals surface area contributed by atoms with Gasteiger partial charge >= 0.3 is 0 Å². The van der Waals surface area contributed by atoms with Crippen LogP contribution in [-0.4, -0.2) is 5.91 Å². The molecule has 0 heterocycles. The van der Waals surface area contributed by atoms with Crippen molar-refractivity contribution in [2.24, 2.45) is 0 Å². The van der Waals surface area contributed by atoms with Gasteiger partial charge in [0.2, 0.25) is 0 Å². The number of hydrogen-bond donors (Lipinski definition) is 1. The van der Waals surface area contributed by atoms with Crippen LogP contribution in [-0.2, 0) is 6.42 Å². The van der Waals surface area contributed by atoms with E-state index < -0.39 is 0 Å². The van der Waals surface area contributed by atoms with Gasteiger partial charge in [0.1, 0.15) is 0 Å². The maximum Gasteiger partial charge on any atom is 0.253 e. The highest BCUT2D eigenvalue weighted by atomic mass is 35.5. The number of hydrogen-bond acceptors (Lipinski definition) is 1. The molecule has 3 rings (SSSR count). The van der Waals surface area contributed by atoms with Gasteiger partial charge in [-0.15, -0.1) is 0 Å². The molecule has 1 N–H and O–H groups in total. The molecule has 1 amide bonds. The summed E-state index contributed by atoms with van der Waals surface area (Å²) in [5, 5.41) is 3.78. The minimum atomic E-state index is -0.177. The predicted octanol–water partition coefficient (Wildman–Crippen LogP) is 4.80. The van der Waals surface area contributed by atoms with Gasteiger partial charge in [-0.1, -0.05) is 53.5 Å². The fourth-order valence-electron chi connectivity index (χ4n) is 2.82. The van der Waals surface area contributed by atoms with Crippen molar-refractivity contribution in [3.8, 4) is 0 Å². The minimum Gasteiger partial charge on any atom is -0.345 e. The second-order valence-corrected chi connectivity index (χ2v) is 6.00. The molecule has 0 fully saturated rings. The fraction of sp³-hybridized carbons (Fsp3) is 0.235. The largest absolute Gasteiger partial charge is 0.345 e. The summed E-state index contributed by atoms with van der Waals surface area (Å²) in [5.74, 6) is -0.177. The number of carbonyl (C=O) groups excluding carboxylic acids is 1. The molecule has 1 atom stereocenters. The maximum absolute atomic E-state index is 12.4. The first-order valence-corrected chi connectivity index (χ1v) is 7.75. The number of halogens is 2. The number of aryl methyl sites for hydroxylation is 1. The molecule has 0 radical (unpaired) electrons. The van der Waals surface area contributed by atoms with Crippen LogP contribution < -0.4 is 5.32 Å². The van der Waals surface area contributed by atoms with E-state index in [0.29, 0.717) is 15.6 Å². The Morgan fingerprint density at radius 3 is 2.76 bits per heavy atom. The van der Waals surface area contributed by atoms with Crippen molar-refractivity contribution in [3.05, 3.63) is 69.2 Å². The van der Waals surface area contributed by atoms with E-state index in [0.717, 1.165) is 19.3 Å². The first kappa shape index (κ1) is 14.4. The van der Waals surface area contributed by atoms with E-state index in [1.165, 1.54) is 11.1 Å². The Kier molecular flexibility index (Phi) is 4.18. The zero-order valence-corrected chi connectivity index (χ0v) is 12.9. The Balaban J connectivity index is 1.85. The lowest BCUT2D eigenvalue weighted by Gasteiger charge is -2.26. The lowest BCUT2D eigenvalue weighted by Crippen LogP contribution is -2.31. The molecule has 0 bridgehead atoms. The molecule has 0 aliphatic heterocycles. The molecule has 1 aliphatic carbocycles. The van der Waals surface area contributed by atoms with Crippen LogP contribution in [0.4, 0.5) is 0 Å². The second kappa shape index (κ2) is 6.08. The summed E-state index contributed by atoms with van der Waals surface area (Å²) >= 11 is 12.1. The molecule has 2 aromatic carbocycles. The van der Waals surface area contributed by atoms with Gasteiger partial charge < -0.3 is 5.32 Å². The van der Waals surface area contributed by atoms with E-state index >= 15 is 0 Å². The summed E-state index contributed by atoms with van der Waals surface area (Å²) in [6, 6.07) is 13.4. The van der Waals surface area contributed by atoms with Crippen molar-refractivity contribution in [2.75, 3.05) is 0 Å². The van der Waals surface area contributed by atoms with Gasteiger partial charge in [0, 0.05) is 0 Å². The quantitative estimate of drug-likeness (QED) is 0.846. The first-order valence-electron chi connectivity index (χ1n) is 6.99. The lowest BCUT2D eigenvalue weighted by molar-refractivity contribution is 0.0933.